The summed E-state index contributed by atoms with van der Waals surface area (Å²) in [5, 5.41) is 0. The summed E-state index contributed by atoms with van der Waals surface area (Å²) >= 11 is 3.34. The zero-order chi connectivity index (χ0) is 17.0. The van der Waals surface area contributed by atoms with E-state index in [0.717, 1.165) is 10.9 Å². The van der Waals surface area contributed by atoms with Crippen LogP contribution in [-0.4, -0.2) is 60.1 Å². The molecule has 2 rings (SSSR count). The molecule has 9 heteroatoms. The van der Waals surface area contributed by atoms with Crippen molar-refractivity contribution in [3.63, 3.8) is 0 Å². The van der Waals surface area contributed by atoms with Crippen LogP contribution >= 0.6 is 28.3 Å². The first-order chi connectivity index (χ1) is 11.0. The number of rotatable bonds is 5. The summed E-state index contributed by atoms with van der Waals surface area (Å²) in [5.41, 5.74) is 6.05. The Bertz CT molecular complexity index is 555. The molecular formula is C15H25BrClN5O2. The standard InChI is InChI=1S/C15H24BrN5O2.ClH/c1-4-10(2)12(17)14(22)20-5-7-21(8-6-20)15-18-9-11(16)13(19-15)23-3;/h9-10,12H,4-8,17H2,1-3H3;1H. The Balaban J connectivity index is 0.00000288. The summed E-state index contributed by atoms with van der Waals surface area (Å²) in [6.07, 6.45) is 2.58. The molecule has 2 atom stereocenters. The van der Waals surface area contributed by atoms with Gasteiger partial charge < -0.3 is 20.3 Å². The minimum absolute atomic E-state index is 0. The molecule has 0 aliphatic carbocycles. The number of hydrogen-bond acceptors (Lipinski definition) is 6. The molecule has 7 nitrogen and oxygen atoms in total. The zero-order valence-electron chi connectivity index (χ0n) is 14.2. The Morgan fingerprint density at radius 3 is 2.58 bits per heavy atom. The minimum Gasteiger partial charge on any atom is -0.480 e. The second-order valence-electron chi connectivity index (χ2n) is 5.75. The highest BCUT2D eigenvalue weighted by Gasteiger charge is 2.28. The van der Waals surface area contributed by atoms with Gasteiger partial charge in [-0.1, -0.05) is 20.3 Å². The molecule has 2 N–H and O–H groups in total. The Morgan fingerprint density at radius 1 is 1.42 bits per heavy atom. The van der Waals surface area contributed by atoms with E-state index in [0.29, 0.717) is 38.0 Å². The molecule has 0 spiro atoms. The third-order valence-electron chi connectivity index (χ3n) is 4.31. The molecule has 1 aromatic heterocycles. The van der Waals surface area contributed by atoms with Crippen molar-refractivity contribution in [1.29, 1.82) is 0 Å². The third-order valence-corrected chi connectivity index (χ3v) is 4.85. The maximum Gasteiger partial charge on any atom is 0.239 e. The summed E-state index contributed by atoms with van der Waals surface area (Å²) in [6.45, 7) is 6.69. The fourth-order valence-corrected chi connectivity index (χ4v) is 2.83. The monoisotopic (exact) mass is 421 g/mol. The van der Waals surface area contributed by atoms with E-state index in [4.69, 9.17) is 10.5 Å². The summed E-state index contributed by atoms with van der Waals surface area (Å²) in [7, 11) is 1.57. The summed E-state index contributed by atoms with van der Waals surface area (Å²) in [5.74, 6) is 1.35. The SMILES string of the molecule is CCC(C)C(N)C(=O)N1CCN(c2ncc(Br)c(OC)n2)CC1.Cl. The van der Waals surface area contributed by atoms with Gasteiger partial charge in [-0.3, -0.25) is 4.79 Å². The molecule has 1 aromatic rings. The highest BCUT2D eigenvalue weighted by molar-refractivity contribution is 9.10. The van der Waals surface area contributed by atoms with Gasteiger partial charge in [-0.15, -0.1) is 12.4 Å². The summed E-state index contributed by atoms with van der Waals surface area (Å²) in [4.78, 5) is 25.0. The average molecular weight is 423 g/mol. The Labute approximate surface area is 157 Å². The first kappa shape index (κ1) is 20.9. The van der Waals surface area contributed by atoms with E-state index in [1.54, 1.807) is 13.3 Å². The van der Waals surface area contributed by atoms with Gasteiger partial charge in [0.2, 0.25) is 17.7 Å². The molecule has 2 heterocycles. The fraction of sp³-hybridized carbons (Fsp3) is 0.667. The first-order valence-corrected chi connectivity index (χ1v) is 8.63. The van der Waals surface area contributed by atoms with E-state index in [1.165, 1.54) is 0 Å². The lowest BCUT2D eigenvalue weighted by Crippen LogP contribution is -2.54. The Hall–Kier alpha value is -1.12. The molecule has 1 aliphatic rings. The number of anilines is 1. The van der Waals surface area contributed by atoms with Crippen LogP contribution in [0.1, 0.15) is 20.3 Å². The van der Waals surface area contributed by atoms with Crippen molar-refractivity contribution in [2.45, 2.75) is 26.3 Å². The van der Waals surface area contributed by atoms with Gasteiger partial charge >= 0.3 is 0 Å². The number of methoxy groups -OCH3 is 1. The number of hydrogen-bond donors (Lipinski definition) is 1. The van der Waals surface area contributed by atoms with Crippen molar-refractivity contribution >= 4 is 40.2 Å². The summed E-state index contributed by atoms with van der Waals surface area (Å²) in [6, 6.07) is -0.421. The van der Waals surface area contributed by atoms with Crippen LogP contribution in [0.5, 0.6) is 5.88 Å². The quantitative estimate of drug-likeness (QED) is 0.777. The van der Waals surface area contributed by atoms with Gasteiger partial charge in [0, 0.05) is 26.2 Å². The predicted molar refractivity (Wildman–Crippen MR) is 99.8 cm³/mol. The number of amides is 1. The van der Waals surface area contributed by atoms with Crippen molar-refractivity contribution in [1.82, 2.24) is 14.9 Å². The van der Waals surface area contributed by atoms with Gasteiger partial charge in [-0.25, -0.2) is 4.98 Å². The average Bonchev–Trinajstić information content (AvgIpc) is 2.60. The second-order valence-corrected chi connectivity index (χ2v) is 6.61. The van der Waals surface area contributed by atoms with Crippen LogP contribution in [0, 0.1) is 5.92 Å². The largest absolute Gasteiger partial charge is 0.480 e. The number of carbonyl (C=O) groups excluding carboxylic acids is 1. The van der Waals surface area contributed by atoms with Crippen LogP contribution in [0.3, 0.4) is 0 Å². The van der Waals surface area contributed by atoms with Crippen molar-refractivity contribution in [3.05, 3.63) is 10.7 Å². The van der Waals surface area contributed by atoms with E-state index >= 15 is 0 Å². The van der Waals surface area contributed by atoms with E-state index < -0.39 is 6.04 Å². The van der Waals surface area contributed by atoms with Crippen molar-refractivity contribution in [2.24, 2.45) is 11.7 Å². The van der Waals surface area contributed by atoms with Gasteiger partial charge in [0.15, 0.2) is 0 Å². The number of carbonyl (C=O) groups is 1. The maximum atomic E-state index is 12.4. The van der Waals surface area contributed by atoms with E-state index in [1.807, 2.05) is 23.6 Å². The van der Waals surface area contributed by atoms with Crippen LogP contribution < -0.4 is 15.4 Å². The molecule has 24 heavy (non-hydrogen) atoms. The molecule has 1 saturated heterocycles. The third kappa shape index (κ3) is 4.70. The van der Waals surface area contributed by atoms with Crippen LogP contribution in [0.25, 0.3) is 0 Å². The van der Waals surface area contributed by atoms with Gasteiger partial charge in [-0.05, 0) is 21.8 Å². The molecule has 1 amide bonds. The van der Waals surface area contributed by atoms with Crippen molar-refractivity contribution in [2.75, 3.05) is 38.2 Å². The van der Waals surface area contributed by atoms with Crippen molar-refractivity contribution < 1.29 is 9.53 Å². The highest BCUT2D eigenvalue weighted by atomic mass is 79.9. The van der Waals surface area contributed by atoms with Crippen LogP contribution in [0.4, 0.5) is 5.95 Å². The van der Waals surface area contributed by atoms with E-state index in [2.05, 4.69) is 25.9 Å². The lowest BCUT2D eigenvalue weighted by atomic mass is 9.98. The lowest BCUT2D eigenvalue weighted by Gasteiger charge is -2.36. The van der Waals surface area contributed by atoms with E-state index in [-0.39, 0.29) is 24.2 Å². The van der Waals surface area contributed by atoms with E-state index in [9.17, 15) is 4.79 Å². The van der Waals surface area contributed by atoms with Crippen LogP contribution in [0.2, 0.25) is 0 Å². The molecule has 2 unspecified atom stereocenters. The number of piperazine rings is 1. The minimum atomic E-state index is -0.421. The van der Waals surface area contributed by atoms with Gasteiger partial charge in [0.1, 0.15) is 0 Å². The molecule has 0 saturated carbocycles. The summed E-state index contributed by atoms with van der Waals surface area (Å²) < 4.78 is 5.92. The zero-order valence-corrected chi connectivity index (χ0v) is 16.6. The number of ether oxygens (including phenoxy) is 1. The molecular weight excluding hydrogens is 398 g/mol. The smallest absolute Gasteiger partial charge is 0.239 e. The molecule has 0 aromatic carbocycles. The Kier molecular flexibility index (Phi) is 8.18. The van der Waals surface area contributed by atoms with Gasteiger partial charge in [0.05, 0.1) is 23.8 Å². The number of halogens is 2. The maximum absolute atomic E-state index is 12.4. The number of aromatic nitrogens is 2. The van der Waals surface area contributed by atoms with Crippen LogP contribution in [-0.2, 0) is 4.79 Å². The number of nitrogens with zero attached hydrogens (tertiary/aromatic N) is 4. The topological polar surface area (TPSA) is 84.6 Å². The molecule has 0 radical (unpaired) electrons. The molecule has 136 valence electrons. The fourth-order valence-electron chi connectivity index (χ4n) is 2.47. The predicted octanol–water partition coefficient (Wildman–Crippen LogP) is 1.69. The lowest BCUT2D eigenvalue weighted by molar-refractivity contribution is -0.134. The Morgan fingerprint density at radius 2 is 2.04 bits per heavy atom. The highest BCUT2D eigenvalue weighted by Crippen LogP contribution is 2.24. The first-order valence-electron chi connectivity index (χ1n) is 7.83. The van der Waals surface area contributed by atoms with Gasteiger partial charge in [0.25, 0.3) is 0 Å². The normalized spacial score (nSPS) is 17.0. The number of nitrogens with two attached hydrogens (primary N) is 1. The van der Waals surface area contributed by atoms with Crippen LogP contribution in [0.15, 0.2) is 10.7 Å². The molecule has 1 fully saturated rings. The molecule has 1 aliphatic heterocycles. The molecule has 0 bridgehead atoms. The van der Waals surface area contributed by atoms with Gasteiger partial charge in [-0.2, -0.15) is 4.98 Å². The second kappa shape index (κ2) is 9.39. The van der Waals surface area contributed by atoms with Crippen molar-refractivity contribution in [3.8, 4) is 5.88 Å².